The molecule has 1 heterocycles. The van der Waals surface area contributed by atoms with Gasteiger partial charge in [-0.1, -0.05) is 48.5 Å². The van der Waals surface area contributed by atoms with Crippen LogP contribution in [0.3, 0.4) is 0 Å². The number of hydrogen-bond donors (Lipinski definition) is 2. The number of para-hydroxylation sites is 1. The molecule has 2 aromatic rings. The first-order valence-corrected chi connectivity index (χ1v) is 7.57. The molecule has 1 aliphatic heterocycles. The van der Waals surface area contributed by atoms with Crippen LogP contribution in [0.25, 0.3) is 0 Å². The number of hydrogen-bond acceptors (Lipinski definition) is 3. The molecule has 2 aromatic carbocycles. The molecule has 1 fully saturated rings. The van der Waals surface area contributed by atoms with Crippen molar-refractivity contribution in [1.82, 2.24) is 5.32 Å². The number of carbonyl (C=O) groups is 2. The number of ketones is 1. The second-order valence-corrected chi connectivity index (χ2v) is 5.57. The Morgan fingerprint density at radius 3 is 2.26 bits per heavy atom. The largest absolute Gasteiger partial charge is 0.358 e. The van der Waals surface area contributed by atoms with Crippen LogP contribution in [0.4, 0.5) is 5.69 Å². The van der Waals surface area contributed by atoms with E-state index in [1.165, 1.54) is 0 Å². The number of nitrogens with one attached hydrogen (secondary N) is 2. The van der Waals surface area contributed by atoms with Crippen LogP contribution in [0.5, 0.6) is 0 Å². The zero-order chi connectivity index (χ0) is 16.2. The smallest absolute Gasteiger partial charge is 0.257 e. The SMILES string of the molecule is C/C(Nc1ccccc1)=C1\C(=O)NC(Cc2ccccc2)C1=O. The van der Waals surface area contributed by atoms with E-state index in [0.717, 1.165) is 11.3 Å². The first-order valence-electron chi connectivity index (χ1n) is 7.57. The fraction of sp³-hybridized carbons (Fsp3) is 0.158. The van der Waals surface area contributed by atoms with Crippen LogP contribution in [0.15, 0.2) is 71.9 Å². The summed E-state index contributed by atoms with van der Waals surface area (Å²) in [6.45, 7) is 1.75. The average Bonchev–Trinajstić information content (AvgIpc) is 2.83. The molecule has 116 valence electrons. The molecule has 0 aromatic heterocycles. The lowest BCUT2D eigenvalue weighted by Crippen LogP contribution is -2.31. The van der Waals surface area contributed by atoms with Crippen molar-refractivity contribution >= 4 is 17.4 Å². The number of rotatable bonds is 4. The van der Waals surface area contributed by atoms with E-state index in [4.69, 9.17) is 0 Å². The summed E-state index contributed by atoms with van der Waals surface area (Å²) >= 11 is 0. The van der Waals surface area contributed by atoms with Crippen molar-refractivity contribution in [2.24, 2.45) is 0 Å². The minimum Gasteiger partial charge on any atom is -0.358 e. The maximum absolute atomic E-state index is 12.6. The minimum atomic E-state index is -0.493. The van der Waals surface area contributed by atoms with Crippen LogP contribution in [-0.4, -0.2) is 17.7 Å². The van der Waals surface area contributed by atoms with Crippen molar-refractivity contribution in [1.29, 1.82) is 0 Å². The molecular weight excluding hydrogens is 288 g/mol. The highest BCUT2D eigenvalue weighted by molar-refractivity contribution is 6.27. The summed E-state index contributed by atoms with van der Waals surface area (Å²) in [5.74, 6) is -0.461. The summed E-state index contributed by atoms with van der Waals surface area (Å²) in [4.78, 5) is 24.8. The van der Waals surface area contributed by atoms with Crippen molar-refractivity contribution in [3.63, 3.8) is 0 Å². The van der Waals surface area contributed by atoms with E-state index in [9.17, 15) is 9.59 Å². The van der Waals surface area contributed by atoms with E-state index in [-0.39, 0.29) is 17.3 Å². The summed E-state index contributed by atoms with van der Waals surface area (Å²) in [7, 11) is 0. The van der Waals surface area contributed by atoms with Crippen molar-refractivity contribution in [3.05, 3.63) is 77.5 Å². The van der Waals surface area contributed by atoms with Crippen LogP contribution in [0.2, 0.25) is 0 Å². The van der Waals surface area contributed by atoms with Gasteiger partial charge in [-0.3, -0.25) is 9.59 Å². The van der Waals surface area contributed by atoms with Gasteiger partial charge in [-0.15, -0.1) is 0 Å². The van der Waals surface area contributed by atoms with Crippen molar-refractivity contribution < 1.29 is 9.59 Å². The van der Waals surface area contributed by atoms with Crippen LogP contribution < -0.4 is 10.6 Å². The lowest BCUT2D eigenvalue weighted by atomic mass is 10.0. The summed E-state index contributed by atoms with van der Waals surface area (Å²) < 4.78 is 0. The van der Waals surface area contributed by atoms with E-state index in [1.54, 1.807) is 6.92 Å². The molecule has 1 aliphatic rings. The van der Waals surface area contributed by atoms with Gasteiger partial charge in [0.25, 0.3) is 5.91 Å². The van der Waals surface area contributed by atoms with Crippen molar-refractivity contribution in [2.75, 3.05) is 5.32 Å². The van der Waals surface area contributed by atoms with E-state index < -0.39 is 6.04 Å². The van der Waals surface area contributed by atoms with Gasteiger partial charge < -0.3 is 10.6 Å². The van der Waals surface area contributed by atoms with Gasteiger partial charge in [-0.25, -0.2) is 0 Å². The highest BCUT2D eigenvalue weighted by Crippen LogP contribution is 2.20. The minimum absolute atomic E-state index is 0.153. The van der Waals surface area contributed by atoms with E-state index in [1.807, 2.05) is 60.7 Å². The number of amides is 1. The molecule has 1 saturated heterocycles. The first-order chi connectivity index (χ1) is 11.1. The fourth-order valence-electron chi connectivity index (χ4n) is 2.73. The number of anilines is 1. The van der Waals surface area contributed by atoms with Gasteiger partial charge in [0, 0.05) is 17.8 Å². The quantitative estimate of drug-likeness (QED) is 0.674. The molecule has 4 heteroatoms. The van der Waals surface area contributed by atoms with E-state index >= 15 is 0 Å². The van der Waals surface area contributed by atoms with Crippen molar-refractivity contribution in [3.8, 4) is 0 Å². The monoisotopic (exact) mass is 306 g/mol. The second-order valence-electron chi connectivity index (χ2n) is 5.57. The molecule has 2 N–H and O–H groups in total. The highest BCUT2D eigenvalue weighted by atomic mass is 16.2. The predicted octanol–water partition coefficient (Wildman–Crippen LogP) is 2.68. The average molecular weight is 306 g/mol. The lowest BCUT2D eigenvalue weighted by molar-refractivity contribution is -0.117. The van der Waals surface area contributed by atoms with E-state index in [2.05, 4.69) is 10.6 Å². The Kier molecular flexibility index (Phi) is 4.24. The van der Waals surface area contributed by atoms with E-state index in [0.29, 0.717) is 12.1 Å². The molecule has 4 nitrogen and oxygen atoms in total. The van der Waals surface area contributed by atoms with Crippen LogP contribution in [-0.2, 0) is 16.0 Å². The number of benzene rings is 2. The molecule has 1 amide bonds. The van der Waals surface area contributed by atoms with Gasteiger partial charge in [-0.2, -0.15) is 0 Å². The van der Waals surface area contributed by atoms with Crippen molar-refractivity contribution in [2.45, 2.75) is 19.4 Å². The Balaban J connectivity index is 1.79. The Labute approximate surface area is 135 Å². The Bertz CT molecular complexity index is 751. The molecule has 0 radical (unpaired) electrons. The number of Topliss-reactive ketones (excluding diaryl/α,β-unsaturated/α-hetero) is 1. The molecule has 0 aliphatic carbocycles. The Morgan fingerprint density at radius 2 is 1.61 bits per heavy atom. The highest BCUT2D eigenvalue weighted by Gasteiger charge is 2.37. The summed E-state index contributed by atoms with van der Waals surface area (Å²) in [6.07, 6.45) is 0.507. The van der Waals surface area contributed by atoms with Gasteiger partial charge >= 0.3 is 0 Å². The zero-order valence-corrected chi connectivity index (χ0v) is 12.9. The Hall–Kier alpha value is -2.88. The fourth-order valence-corrected chi connectivity index (χ4v) is 2.73. The second kappa shape index (κ2) is 6.48. The van der Waals surface area contributed by atoms with Gasteiger partial charge in [0.15, 0.2) is 5.78 Å². The van der Waals surface area contributed by atoms with Crippen LogP contribution in [0, 0.1) is 0 Å². The molecule has 0 saturated carbocycles. The molecule has 3 rings (SSSR count). The van der Waals surface area contributed by atoms with Crippen LogP contribution in [0.1, 0.15) is 12.5 Å². The molecule has 1 atom stereocenters. The standard InChI is InChI=1S/C19H18N2O2/c1-13(20-15-10-6-3-7-11-15)17-18(22)16(21-19(17)23)12-14-8-4-2-5-9-14/h2-11,16,20H,12H2,1H3,(H,21,23)/b17-13+. The van der Waals surface area contributed by atoms with Crippen LogP contribution >= 0.6 is 0 Å². The third kappa shape index (κ3) is 3.31. The topological polar surface area (TPSA) is 58.2 Å². The maximum Gasteiger partial charge on any atom is 0.257 e. The van der Waals surface area contributed by atoms with Gasteiger partial charge in [-0.05, 0) is 24.6 Å². The molecule has 0 bridgehead atoms. The normalized spacial score (nSPS) is 19.4. The molecule has 0 spiro atoms. The summed E-state index contributed by atoms with van der Waals surface area (Å²) in [5.41, 5.74) is 2.68. The zero-order valence-electron chi connectivity index (χ0n) is 12.9. The lowest BCUT2D eigenvalue weighted by Gasteiger charge is -2.09. The number of allylic oxidation sites excluding steroid dienone is 1. The van der Waals surface area contributed by atoms with Gasteiger partial charge in [0.05, 0.1) is 6.04 Å². The Morgan fingerprint density at radius 1 is 1.00 bits per heavy atom. The molecule has 1 unspecified atom stereocenters. The van der Waals surface area contributed by atoms with Gasteiger partial charge in [0.1, 0.15) is 5.57 Å². The molecule has 23 heavy (non-hydrogen) atoms. The number of carbonyl (C=O) groups excluding carboxylic acids is 2. The third-order valence-electron chi connectivity index (χ3n) is 3.86. The third-order valence-corrected chi connectivity index (χ3v) is 3.86. The van der Waals surface area contributed by atoms with Gasteiger partial charge in [0.2, 0.25) is 0 Å². The summed E-state index contributed by atoms with van der Waals surface area (Å²) in [5, 5.41) is 5.91. The predicted molar refractivity (Wildman–Crippen MR) is 89.8 cm³/mol. The maximum atomic E-state index is 12.6. The molecular formula is C19H18N2O2. The first kappa shape index (κ1) is 15.0. The summed E-state index contributed by atoms with van der Waals surface area (Å²) in [6, 6.07) is 18.7.